The van der Waals surface area contributed by atoms with Crippen LogP contribution in [0.5, 0.6) is 0 Å². The van der Waals surface area contributed by atoms with Gasteiger partial charge in [-0.05, 0) is 41.0 Å². The SMILES string of the molecule is Clc1cccc(-n2nnnc2N2CCCC2c2ccccc2)c1Cl. The average Bonchev–Trinajstić information content (AvgIpc) is 3.26. The number of aromatic nitrogens is 4. The Hall–Kier alpha value is -2.11. The fourth-order valence-electron chi connectivity index (χ4n) is 3.20. The molecule has 0 amide bonds. The Morgan fingerprint density at radius 2 is 1.83 bits per heavy atom. The molecule has 1 aromatic heterocycles. The number of hydrogen-bond donors (Lipinski definition) is 0. The van der Waals surface area contributed by atoms with E-state index in [1.54, 1.807) is 10.7 Å². The van der Waals surface area contributed by atoms with E-state index in [-0.39, 0.29) is 6.04 Å². The maximum Gasteiger partial charge on any atom is 0.250 e. The topological polar surface area (TPSA) is 46.8 Å². The van der Waals surface area contributed by atoms with Gasteiger partial charge in [-0.1, -0.05) is 64.7 Å². The maximum absolute atomic E-state index is 6.35. The van der Waals surface area contributed by atoms with Crippen molar-refractivity contribution in [3.05, 3.63) is 64.1 Å². The van der Waals surface area contributed by atoms with Gasteiger partial charge in [0.2, 0.25) is 0 Å². The molecule has 122 valence electrons. The molecule has 3 aromatic rings. The van der Waals surface area contributed by atoms with Crippen LogP contribution >= 0.6 is 23.2 Å². The highest BCUT2D eigenvalue weighted by atomic mass is 35.5. The van der Waals surface area contributed by atoms with E-state index < -0.39 is 0 Å². The van der Waals surface area contributed by atoms with Gasteiger partial charge in [0, 0.05) is 6.54 Å². The molecule has 1 fully saturated rings. The van der Waals surface area contributed by atoms with Crippen LogP contribution in [0.25, 0.3) is 5.69 Å². The highest BCUT2D eigenvalue weighted by molar-refractivity contribution is 6.43. The summed E-state index contributed by atoms with van der Waals surface area (Å²) in [6.07, 6.45) is 2.16. The van der Waals surface area contributed by atoms with Gasteiger partial charge in [0.15, 0.2) is 0 Å². The summed E-state index contributed by atoms with van der Waals surface area (Å²) in [5.74, 6) is 0.686. The molecule has 1 unspecified atom stereocenters. The first kappa shape index (κ1) is 15.4. The molecule has 24 heavy (non-hydrogen) atoms. The minimum absolute atomic E-state index is 0.258. The zero-order chi connectivity index (χ0) is 16.5. The van der Waals surface area contributed by atoms with Gasteiger partial charge in [0.25, 0.3) is 5.95 Å². The Morgan fingerprint density at radius 1 is 1.00 bits per heavy atom. The summed E-state index contributed by atoms with van der Waals surface area (Å²) in [6.45, 7) is 0.901. The summed E-state index contributed by atoms with van der Waals surface area (Å²) in [5.41, 5.74) is 1.95. The molecular formula is C17H15Cl2N5. The van der Waals surface area contributed by atoms with Crippen molar-refractivity contribution in [2.45, 2.75) is 18.9 Å². The Labute approximate surface area is 149 Å². The van der Waals surface area contributed by atoms with Crippen LogP contribution < -0.4 is 4.90 Å². The second-order valence-corrected chi connectivity index (χ2v) is 6.51. The number of rotatable bonds is 3. The zero-order valence-corrected chi connectivity index (χ0v) is 14.3. The number of tetrazole rings is 1. The molecule has 1 saturated heterocycles. The lowest BCUT2D eigenvalue weighted by Gasteiger charge is -2.25. The fraction of sp³-hybridized carbons (Fsp3) is 0.235. The van der Waals surface area contributed by atoms with E-state index in [0.717, 1.165) is 19.4 Å². The summed E-state index contributed by atoms with van der Waals surface area (Å²) in [5, 5.41) is 13.2. The van der Waals surface area contributed by atoms with Gasteiger partial charge < -0.3 is 4.90 Å². The van der Waals surface area contributed by atoms with E-state index in [9.17, 15) is 0 Å². The smallest absolute Gasteiger partial charge is 0.250 e. The third kappa shape index (κ3) is 2.64. The normalized spacial score (nSPS) is 17.4. The molecule has 2 heterocycles. The average molecular weight is 360 g/mol. The van der Waals surface area contributed by atoms with Gasteiger partial charge in [-0.2, -0.15) is 4.68 Å². The molecule has 2 aromatic carbocycles. The first-order valence-corrected chi connectivity index (χ1v) is 8.55. The van der Waals surface area contributed by atoms with E-state index in [0.29, 0.717) is 21.7 Å². The summed E-state index contributed by atoms with van der Waals surface area (Å²) < 4.78 is 1.66. The van der Waals surface area contributed by atoms with Crippen LogP contribution in [0, 0.1) is 0 Å². The van der Waals surface area contributed by atoms with Crippen molar-refractivity contribution in [3.8, 4) is 5.69 Å². The van der Waals surface area contributed by atoms with Crippen LogP contribution in [0.2, 0.25) is 10.0 Å². The van der Waals surface area contributed by atoms with E-state index in [1.165, 1.54) is 5.56 Å². The van der Waals surface area contributed by atoms with Gasteiger partial charge in [-0.25, -0.2) is 0 Å². The quantitative estimate of drug-likeness (QED) is 0.698. The van der Waals surface area contributed by atoms with Gasteiger partial charge in [0.05, 0.1) is 21.8 Å². The molecular weight excluding hydrogens is 345 g/mol. The Kier molecular flexibility index (Phi) is 4.12. The van der Waals surface area contributed by atoms with Gasteiger partial charge in [-0.15, -0.1) is 0 Å². The first-order chi connectivity index (χ1) is 11.8. The highest BCUT2D eigenvalue weighted by Crippen LogP contribution is 2.37. The second-order valence-electron chi connectivity index (χ2n) is 5.73. The van der Waals surface area contributed by atoms with Crippen molar-refractivity contribution in [1.82, 2.24) is 20.2 Å². The molecule has 0 spiro atoms. The molecule has 1 aliphatic rings. The van der Waals surface area contributed by atoms with Crippen molar-refractivity contribution < 1.29 is 0 Å². The maximum atomic E-state index is 6.35. The van der Waals surface area contributed by atoms with Crippen LogP contribution in [0.1, 0.15) is 24.4 Å². The Morgan fingerprint density at radius 3 is 2.67 bits per heavy atom. The van der Waals surface area contributed by atoms with Crippen LogP contribution in [0.4, 0.5) is 5.95 Å². The predicted molar refractivity (Wildman–Crippen MR) is 94.9 cm³/mol. The van der Waals surface area contributed by atoms with E-state index >= 15 is 0 Å². The molecule has 0 aliphatic carbocycles. The third-order valence-corrected chi connectivity index (χ3v) is 5.12. The minimum Gasteiger partial charge on any atom is -0.332 e. The third-order valence-electron chi connectivity index (χ3n) is 4.31. The lowest BCUT2D eigenvalue weighted by Crippen LogP contribution is -2.26. The summed E-state index contributed by atoms with van der Waals surface area (Å²) in [6, 6.07) is 16.1. The van der Waals surface area contributed by atoms with Gasteiger partial charge in [0.1, 0.15) is 0 Å². The molecule has 0 bridgehead atoms. The molecule has 1 atom stereocenters. The van der Waals surface area contributed by atoms with Crippen LogP contribution in [-0.2, 0) is 0 Å². The van der Waals surface area contributed by atoms with Crippen molar-refractivity contribution >= 4 is 29.2 Å². The number of hydrogen-bond acceptors (Lipinski definition) is 4. The second kappa shape index (κ2) is 6.42. The largest absolute Gasteiger partial charge is 0.332 e. The van der Waals surface area contributed by atoms with Crippen molar-refractivity contribution in [2.24, 2.45) is 0 Å². The zero-order valence-electron chi connectivity index (χ0n) is 12.8. The number of halogens is 2. The van der Waals surface area contributed by atoms with Crippen molar-refractivity contribution in [3.63, 3.8) is 0 Å². The summed E-state index contributed by atoms with van der Waals surface area (Å²) >= 11 is 12.5. The lowest BCUT2D eigenvalue weighted by molar-refractivity contribution is 0.687. The molecule has 5 nitrogen and oxygen atoms in total. The molecule has 4 rings (SSSR count). The van der Waals surface area contributed by atoms with Crippen LogP contribution in [-0.4, -0.2) is 26.8 Å². The van der Waals surface area contributed by atoms with Crippen LogP contribution in [0.3, 0.4) is 0 Å². The standard InChI is InChI=1S/C17H15Cl2N5/c18-13-8-4-9-15(16(13)19)24-17(20-21-22-24)23-11-5-10-14(23)12-6-2-1-3-7-12/h1-4,6-9,14H,5,10-11H2. The van der Waals surface area contributed by atoms with E-state index in [1.807, 2.05) is 18.2 Å². The van der Waals surface area contributed by atoms with Crippen LogP contribution in [0.15, 0.2) is 48.5 Å². The highest BCUT2D eigenvalue weighted by Gasteiger charge is 2.30. The van der Waals surface area contributed by atoms with E-state index in [2.05, 4.69) is 44.7 Å². The van der Waals surface area contributed by atoms with Crippen molar-refractivity contribution in [1.29, 1.82) is 0 Å². The number of nitrogens with zero attached hydrogens (tertiary/aromatic N) is 5. The summed E-state index contributed by atoms with van der Waals surface area (Å²) in [4.78, 5) is 2.23. The van der Waals surface area contributed by atoms with Gasteiger partial charge in [-0.3, -0.25) is 0 Å². The summed E-state index contributed by atoms with van der Waals surface area (Å²) in [7, 11) is 0. The molecule has 1 aliphatic heterocycles. The fourth-order valence-corrected chi connectivity index (χ4v) is 3.58. The Bertz CT molecular complexity index is 849. The lowest BCUT2D eigenvalue weighted by atomic mass is 10.1. The number of benzene rings is 2. The monoisotopic (exact) mass is 359 g/mol. The first-order valence-electron chi connectivity index (χ1n) is 7.80. The van der Waals surface area contributed by atoms with E-state index in [4.69, 9.17) is 23.2 Å². The molecule has 0 saturated carbocycles. The predicted octanol–water partition coefficient (Wildman–Crippen LogP) is 4.31. The minimum atomic E-state index is 0.258. The molecule has 0 radical (unpaired) electrons. The Balaban J connectivity index is 1.76. The van der Waals surface area contributed by atoms with Crippen molar-refractivity contribution in [2.75, 3.05) is 11.4 Å². The number of anilines is 1. The molecule has 7 heteroatoms. The molecule has 0 N–H and O–H groups in total. The van der Waals surface area contributed by atoms with Gasteiger partial charge >= 0.3 is 0 Å².